The van der Waals surface area contributed by atoms with Crippen molar-refractivity contribution in [3.63, 3.8) is 0 Å². The van der Waals surface area contributed by atoms with Gasteiger partial charge in [0.25, 0.3) is 0 Å². The summed E-state index contributed by atoms with van der Waals surface area (Å²) in [6.07, 6.45) is 1.07. The van der Waals surface area contributed by atoms with E-state index in [2.05, 4.69) is 31.5 Å². The van der Waals surface area contributed by atoms with Crippen molar-refractivity contribution in [1.82, 2.24) is 15.5 Å². The number of alkyl halides is 1. The van der Waals surface area contributed by atoms with E-state index in [-0.39, 0.29) is 49.9 Å². The fourth-order valence-electron chi connectivity index (χ4n) is 4.72. The predicted octanol–water partition coefficient (Wildman–Crippen LogP) is 5.33. The monoisotopic (exact) mass is 761 g/mol. The van der Waals surface area contributed by atoms with Gasteiger partial charge in [0.05, 0.1) is 0 Å². The zero-order valence-corrected chi connectivity index (χ0v) is 32.1. The molecule has 0 saturated carbocycles. The third-order valence-electron chi connectivity index (χ3n) is 7.12. The van der Waals surface area contributed by atoms with Gasteiger partial charge in [0, 0.05) is 52.1 Å². The van der Waals surface area contributed by atoms with Crippen LogP contribution in [0.3, 0.4) is 0 Å². The second-order valence-corrected chi connectivity index (χ2v) is 15.1. The Morgan fingerprint density at radius 1 is 0.660 bits per heavy atom. The zero-order chi connectivity index (χ0) is 37.0. The molecule has 1 unspecified atom stereocenters. The molecule has 0 radical (unpaired) electrons. The summed E-state index contributed by atoms with van der Waals surface area (Å²) in [5, 5.41) is 6.71. The Kier molecular flexibility index (Phi) is 19.3. The van der Waals surface area contributed by atoms with Crippen molar-refractivity contribution in [1.29, 1.82) is 0 Å². The van der Waals surface area contributed by atoms with Gasteiger partial charge in [-0.05, 0) is 65.5 Å². The average molecular weight is 763 g/mol. The lowest BCUT2D eigenvalue weighted by Crippen LogP contribution is -2.48. The molecular weight excluding hydrogens is 706 g/mol. The van der Waals surface area contributed by atoms with Crippen LogP contribution >= 0.6 is 15.9 Å². The molecule has 1 fully saturated rings. The van der Waals surface area contributed by atoms with Crippen LogP contribution in [0, 0.1) is 0 Å². The van der Waals surface area contributed by atoms with Crippen LogP contribution in [0.25, 0.3) is 0 Å². The fourth-order valence-corrected chi connectivity index (χ4v) is 5.04. The smallest absolute Gasteiger partial charge is 0.323 e. The van der Waals surface area contributed by atoms with Crippen LogP contribution in [0.1, 0.15) is 78.4 Å². The lowest BCUT2D eigenvalue weighted by atomic mass is 10.1. The Balaban J connectivity index is 0.000000366. The molecule has 0 aliphatic carbocycles. The first-order valence-corrected chi connectivity index (χ1v) is 18.2. The van der Waals surface area contributed by atoms with Gasteiger partial charge >= 0.3 is 23.9 Å². The maximum absolute atomic E-state index is 12.9. The number of hydrogen-bond acceptors (Lipinski definition) is 11. The maximum Gasteiger partial charge on any atom is 0.323 e. The van der Waals surface area contributed by atoms with Crippen molar-refractivity contribution in [2.45, 2.75) is 103 Å². The summed E-state index contributed by atoms with van der Waals surface area (Å²) in [6.45, 7) is 16.3. The highest BCUT2D eigenvalue weighted by Gasteiger charge is 2.31. The van der Waals surface area contributed by atoms with Crippen LogP contribution in [-0.4, -0.2) is 90.1 Å². The number of nitrogens with zero attached hydrogens (tertiary/aromatic N) is 1. The van der Waals surface area contributed by atoms with Gasteiger partial charge in [0.2, 0.25) is 0 Å². The Hall–Kier alpha value is -3.32. The average Bonchev–Trinajstić information content (AvgIpc) is 3.19. The third kappa shape index (κ3) is 19.8. The van der Waals surface area contributed by atoms with Gasteiger partial charge in [-0.3, -0.25) is 24.1 Å². The Labute approximate surface area is 306 Å². The highest BCUT2D eigenvalue weighted by atomic mass is 79.9. The van der Waals surface area contributed by atoms with E-state index in [1.165, 1.54) is 0 Å². The van der Waals surface area contributed by atoms with E-state index in [4.69, 9.17) is 18.9 Å². The normalized spacial score (nSPS) is 15.4. The van der Waals surface area contributed by atoms with E-state index in [0.29, 0.717) is 12.8 Å². The Morgan fingerprint density at radius 2 is 1.08 bits per heavy atom. The summed E-state index contributed by atoms with van der Waals surface area (Å²) in [5.74, 6) is -1.28. The second kappa shape index (κ2) is 22.5. The van der Waals surface area contributed by atoms with Gasteiger partial charge in [-0.2, -0.15) is 0 Å². The molecule has 11 nitrogen and oxygen atoms in total. The van der Waals surface area contributed by atoms with E-state index in [1.54, 1.807) is 20.8 Å². The van der Waals surface area contributed by atoms with Gasteiger partial charge < -0.3 is 29.6 Å². The Morgan fingerprint density at radius 3 is 1.52 bits per heavy atom. The molecule has 2 aromatic rings. The molecule has 1 aliphatic heterocycles. The highest BCUT2D eigenvalue weighted by molar-refractivity contribution is 9.10. The number of rotatable bonds is 13. The number of hydrogen-bond donors (Lipinski definition) is 2. The standard InChI is InChI=1S/C22H35N3O4.C16H21BrO4/c1-22(2,3)29-21(27)19(25-15-13-23-11-12-24-14-16-25)9-10-20(26)28-17-18-7-5-4-6-8-18;1-16(2,3)21-15(19)13(17)9-10-14(18)20-11-12-7-5-4-6-8-12/h4-8,19,23-24H,9-17H2,1-3H3;4-8,13H,9-11H2,1-3H3/t;13-/m.0/s1. The van der Waals surface area contributed by atoms with E-state index < -0.39 is 22.1 Å². The molecule has 278 valence electrons. The van der Waals surface area contributed by atoms with Crippen LogP contribution in [-0.2, 0) is 51.3 Å². The molecule has 0 aromatic heterocycles. The summed E-state index contributed by atoms with van der Waals surface area (Å²) < 4.78 is 21.4. The predicted molar refractivity (Wildman–Crippen MR) is 196 cm³/mol. The lowest BCUT2D eigenvalue weighted by Gasteiger charge is -2.32. The van der Waals surface area contributed by atoms with Gasteiger partial charge in [-0.1, -0.05) is 76.6 Å². The number of esters is 4. The van der Waals surface area contributed by atoms with Crippen molar-refractivity contribution in [3.8, 4) is 0 Å². The molecule has 2 atom stereocenters. The van der Waals surface area contributed by atoms with E-state index in [1.807, 2.05) is 81.4 Å². The molecule has 0 bridgehead atoms. The van der Waals surface area contributed by atoms with Crippen LogP contribution in [0.2, 0.25) is 0 Å². The topological polar surface area (TPSA) is 132 Å². The van der Waals surface area contributed by atoms with Crippen LogP contribution in [0.5, 0.6) is 0 Å². The van der Waals surface area contributed by atoms with E-state index in [9.17, 15) is 19.2 Å². The summed E-state index contributed by atoms with van der Waals surface area (Å²) in [5.41, 5.74) is 0.783. The molecule has 2 N–H and O–H groups in total. The Bertz CT molecular complexity index is 1290. The first kappa shape index (κ1) is 42.8. The molecule has 12 heteroatoms. The first-order chi connectivity index (χ1) is 23.6. The molecule has 50 heavy (non-hydrogen) atoms. The van der Waals surface area contributed by atoms with Crippen molar-refractivity contribution in [2.75, 3.05) is 39.3 Å². The van der Waals surface area contributed by atoms with Gasteiger partial charge in [0.1, 0.15) is 35.3 Å². The molecule has 2 aromatic carbocycles. The molecule has 1 heterocycles. The quantitative estimate of drug-likeness (QED) is 0.156. The first-order valence-electron chi connectivity index (χ1n) is 17.3. The fraction of sp³-hybridized carbons (Fsp3) is 0.579. The van der Waals surface area contributed by atoms with Crippen LogP contribution in [0.4, 0.5) is 0 Å². The largest absolute Gasteiger partial charge is 0.461 e. The summed E-state index contributed by atoms with van der Waals surface area (Å²) in [6, 6.07) is 18.6. The number of ether oxygens (including phenoxy) is 4. The summed E-state index contributed by atoms with van der Waals surface area (Å²) in [7, 11) is 0. The third-order valence-corrected chi connectivity index (χ3v) is 7.95. The van der Waals surface area contributed by atoms with E-state index >= 15 is 0 Å². The number of carbonyl (C=O) groups is 4. The molecule has 1 aliphatic rings. The molecule has 0 spiro atoms. The highest BCUT2D eigenvalue weighted by Crippen LogP contribution is 2.18. The lowest BCUT2D eigenvalue weighted by molar-refractivity contribution is -0.162. The van der Waals surface area contributed by atoms with Gasteiger partial charge in [-0.25, -0.2) is 0 Å². The van der Waals surface area contributed by atoms with Crippen molar-refractivity contribution in [2.24, 2.45) is 0 Å². The number of benzene rings is 2. The van der Waals surface area contributed by atoms with Gasteiger partial charge in [-0.15, -0.1) is 0 Å². The molecule has 1 saturated heterocycles. The number of halogens is 1. The van der Waals surface area contributed by atoms with E-state index in [0.717, 1.165) is 50.4 Å². The van der Waals surface area contributed by atoms with Crippen molar-refractivity contribution >= 4 is 39.8 Å². The van der Waals surface area contributed by atoms with Crippen LogP contribution < -0.4 is 10.6 Å². The van der Waals surface area contributed by atoms with Crippen LogP contribution in [0.15, 0.2) is 60.7 Å². The van der Waals surface area contributed by atoms with Crippen molar-refractivity contribution < 1.29 is 38.1 Å². The molecule has 0 amide bonds. The minimum absolute atomic E-state index is 0.169. The molecule has 3 rings (SSSR count). The number of carbonyl (C=O) groups excluding carboxylic acids is 4. The minimum Gasteiger partial charge on any atom is -0.461 e. The zero-order valence-electron chi connectivity index (χ0n) is 30.5. The molecular formula is C38H56BrN3O8. The SMILES string of the molecule is CC(C)(C)OC(=O)C(CCC(=O)OCc1ccccc1)N1CCNCCNCC1.CC(C)(C)OC(=O)[C@@H](Br)CCC(=O)OCc1ccccc1. The van der Waals surface area contributed by atoms with Gasteiger partial charge in [0.15, 0.2) is 0 Å². The maximum atomic E-state index is 12.9. The minimum atomic E-state index is -0.570. The second-order valence-electron chi connectivity index (χ2n) is 14.0. The summed E-state index contributed by atoms with van der Waals surface area (Å²) >= 11 is 3.24. The van der Waals surface area contributed by atoms with Crippen molar-refractivity contribution in [3.05, 3.63) is 71.8 Å². The summed E-state index contributed by atoms with van der Waals surface area (Å²) in [4.78, 5) is 50.1. The number of nitrogens with one attached hydrogen (secondary N) is 2.